The predicted molar refractivity (Wildman–Crippen MR) is 73.9 cm³/mol. The molecule has 1 aliphatic heterocycles. The van der Waals surface area contributed by atoms with E-state index in [9.17, 15) is 9.59 Å². The van der Waals surface area contributed by atoms with E-state index in [1.165, 1.54) is 0 Å². The number of piperidine rings is 1. The number of carbonyl (C=O) groups is 2. The van der Waals surface area contributed by atoms with E-state index >= 15 is 0 Å². The lowest BCUT2D eigenvalue weighted by Crippen LogP contribution is -2.53. The van der Waals surface area contributed by atoms with Gasteiger partial charge in [0.1, 0.15) is 11.6 Å². The number of hydrogen-bond acceptors (Lipinski definition) is 3. The normalized spacial score (nSPS) is 20.0. The summed E-state index contributed by atoms with van der Waals surface area (Å²) in [6.45, 7) is 8.76. The van der Waals surface area contributed by atoms with Gasteiger partial charge >= 0.3 is 6.09 Å². The van der Waals surface area contributed by atoms with Gasteiger partial charge in [0.25, 0.3) is 0 Å². The van der Waals surface area contributed by atoms with E-state index in [-0.39, 0.29) is 18.0 Å². The van der Waals surface area contributed by atoms with Crippen LogP contribution in [0.2, 0.25) is 0 Å². The molecule has 110 valence electrons. The average molecular weight is 270 g/mol. The van der Waals surface area contributed by atoms with Gasteiger partial charge in [-0.05, 0) is 46.5 Å². The molecule has 19 heavy (non-hydrogen) atoms. The van der Waals surface area contributed by atoms with Crippen molar-refractivity contribution >= 4 is 12.0 Å². The largest absolute Gasteiger partial charge is 0.444 e. The van der Waals surface area contributed by atoms with Crippen molar-refractivity contribution in [3.05, 3.63) is 0 Å². The molecule has 0 aliphatic carbocycles. The third-order valence-corrected chi connectivity index (χ3v) is 2.98. The standard InChI is InChI=1S/C14H26N2O3/c1-5-9-15-12(17)11-8-6-7-10-16(11)13(18)19-14(2,3)4/h11H,5-10H2,1-4H3,(H,15,17). The maximum absolute atomic E-state index is 12.1. The number of rotatable bonds is 3. The summed E-state index contributed by atoms with van der Waals surface area (Å²) in [5.74, 6) is -0.0626. The summed E-state index contributed by atoms with van der Waals surface area (Å²) in [5, 5.41) is 2.86. The quantitative estimate of drug-likeness (QED) is 0.856. The lowest BCUT2D eigenvalue weighted by Gasteiger charge is -2.35. The van der Waals surface area contributed by atoms with Gasteiger partial charge in [0.05, 0.1) is 0 Å². The zero-order valence-electron chi connectivity index (χ0n) is 12.5. The second-order valence-electron chi connectivity index (χ2n) is 5.98. The van der Waals surface area contributed by atoms with Gasteiger partial charge in [-0.1, -0.05) is 6.92 Å². The van der Waals surface area contributed by atoms with Crippen molar-refractivity contribution in [2.45, 2.75) is 65.0 Å². The Morgan fingerprint density at radius 3 is 2.58 bits per heavy atom. The van der Waals surface area contributed by atoms with Gasteiger partial charge in [-0.3, -0.25) is 9.69 Å². The Labute approximate surface area is 115 Å². The first kappa shape index (κ1) is 15.8. The highest BCUT2D eigenvalue weighted by Gasteiger charge is 2.34. The smallest absolute Gasteiger partial charge is 0.410 e. The van der Waals surface area contributed by atoms with E-state index in [0.29, 0.717) is 13.1 Å². The van der Waals surface area contributed by atoms with Crippen molar-refractivity contribution in [3.63, 3.8) is 0 Å². The van der Waals surface area contributed by atoms with E-state index in [4.69, 9.17) is 4.74 Å². The fraction of sp³-hybridized carbons (Fsp3) is 0.857. The molecule has 5 heteroatoms. The number of nitrogens with zero attached hydrogens (tertiary/aromatic N) is 1. The minimum atomic E-state index is -0.529. The van der Waals surface area contributed by atoms with Crippen molar-refractivity contribution in [2.24, 2.45) is 0 Å². The Kier molecular flexibility index (Phi) is 5.63. The van der Waals surface area contributed by atoms with Crippen LogP contribution in [0.3, 0.4) is 0 Å². The number of carbonyl (C=O) groups excluding carboxylic acids is 2. The minimum absolute atomic E-state index is 0.0626. The maximum Gasteiger partial charge on any atom is 0.410 e. The molecule has 1 fully saturated rings. The van der Waals surface area contributed by atoms with Crippen molar-refractivity contribution in [1.29, 1.82) is 0 Å². The summed E-state index contributed by atoms with van der Waals surface area (Å²) >= 11 is 0. The van der Waals surface area contributed by atoms with Gasteiger partial charge in [0.2, 0.25) is 5.91 Å². The van der Waals surface area contributed by atoms with Crippen LogP contribution in [0, 0.1) is 0 Å². The molecule has 5 nitrogen and oxygen atoms in total. The Hall–Kier alpha value is -1.26. The molecule has 0 radical (unpaired) electrons. The highest BCUT2D eigenvalue weighted by molar-refractivity contribution is 5.85. The van der Waals surface area contributed by atoms with Crippen molar-refractivity contribution in [2.75, 3.05) is 13.1 Å². The van der Waals surface area contributed by atoms with E-state index in [0.717, 1.165) is 25.7 Å². The highest BCUT2D eigenvalue weighted by Crippen LogP contribution is 2.20. The Balaban J connectivity index is 2.66. The van der Waals surface area contributed by atoms with E-state index in [1.54, 1.807) is 4.90 Å². The summed E-state index contributed by atoms with van der Waals surface area (Å²) < 4.78 is 5.37. The van der Waals surface area contributed by atoms with Crippen LogP contribution >= 0.6 is 0 Å². The van der Waals surface area contributed by atoms with Crippen molar-refractivity contribution < 1.29 is 14.3 Å². The Bertz CT molecular complexity index is 323. The lowest BCUT2D eigenvalue weighted by atomic mass is 10.0. The molecule has 1 N–H and O–H groups in total. The van der Waals surface area contributed by atoms with E-state index < -0.39 is 5.60 Å². The summed E-state index contributed by atoms with van der Waals surface area (Å²) in [4.78, 5) is 25.8. The van der Waals surface area contributed by atoms with Crippen LogP contribution < -0.4 is 5.32 Å². The average Bonchev–Trinajstić information content (AvgIpc) is 2.34. The van der Waals surface area contributed by atoms with Gasteiger partial charge < -0.3 is 10.1 Å². The molecule has 0 bridgehead atoms. The molecular weight excluding hydrogens is 244 g/mol. The van der Waals surface area contributed by atoms with Gasteiger partial charge in [0, 0.05) is 13.1 Å². The molecule has 0 aromatic heterocycles. The van der Waals surface area contributed by atoms with Gasteiger partial charge in [0.15, 0.2) is 0 Å². The minimum Gasteiger partial charge on any atom is -0.444 e. The first-order chi connectivity index (χ1) is 8.85. The first-order valence-electron chi connectivity index (χ1n) is 7.12. The molecular formula is C14H26N2O3. The second-order valence-corrected chi connectivity index (χ2v) is 5.98. The molecule has 0 aromatic rings. The third-order valence-electron chi connectivity index (χ3n) is 2.98. The monoisotopic (exact) mass is 270 g/mol. The van der Waals surface area contributed by atoms with Crippen LogP contribution in [0.5, 0.6) is 0 Å². The van der Waals surface area contributed by atoms with Crippen LogP contribution in [0.1, 0.15) is 53.4 Å². The molecule has 0 saturated carbocycles. The van der Waals surface area contributed by atoms with Gasteiger partial charge in [-0.15, -0.1) is 0 Å². The van der Waals surface area contributed by atoms with Gasteiger partial charge in [-0.2, -0.15) is 0 Å². The Morgan fingerprint density at radius 1 is 1.32 bits per heavy atom. The molecule has 1 aliphatic rings. The van der Waals surface area contributed by atoms with E-state index in [1.807, 2.05) is 27.7 Å². The molecule has 0 spiro atoms. The zero-order valence-corrected chi connectivity index (χ0v) is 12.5. The zero-order chi connectivity index (χ0) is 14.5. The fourth-order valence-corrected chi connectivity index (χ4v) is 2.11. The summed E-state index contributed by atoms with van der Waals surface area (Å²) in [6, 6.07) is -0.379. The van der Waals surface area contributed by atoms with E-state index in [2.05, 4.69) is 5.32 Å². The third kappa shape index (κ3) is 5.09. The van der Waals surface area contributed by atoms with Crippen LogP contribution in [0.15, 0.2) is 0 Å². The van der Waals surface area contributed by atoms with Crippen LogP contribution in [-0.2, 0) is 9.53 Å². The number of amides is 2. The van der Waals surface area contributed by atoms with Gasteiger partial charge in [-0.25, -0.2) is 4.79 Å². The first-order valence-corrected chi connectivity index (χ1v) is 7.12. The lowest BCUT2D eigenvalue weighted by molar-refractivity contribution is -0.127. The van der Waals surface area contributed by atoms with Crippen molar-refractivity contribution in [3.8, 4) is 0 Å². The van der Waals surface area contributed by atoms with Crippen molar-refractivity contribution in [1.82, 2.24) is 10.2 Å². The molecule has 1 saturated heterocycles. The van der Waals surface area contributed by atoms with Crippen LogP contribution in [0.25, 0.3) is 0 Å². The number of nitrogens with one attached hydrogen (secondary N) is 1. The molecule has 1 heterocycles. The molecule has 1 rings (SSSR count). The number of likely N-dealkylation sites (tertiary alicyclic amines) is 1. The topological polar surface area (TPSA) is 58.6 Å². The molecule has 2 amide bonds. The molecule has 1 atom stereocenters. The Morgan fingerprint density at radius 2 is 2.00 bits per heavy atom. The summed E-state index contributed by atoms with van der Waals surface area (Å²) in [6.07, 6.45) is 3.13. The number of hydrogen-bond donors (Lipinski definition) is 1. The highest BCUT2D eigenvalue weighted by atomic mass is 16.6. The fourth-order valence-electron chi connectivity index (χ4n) is 2.11. The summed E-state index contributed by atoms with van der Waals surface area (Å²) in [5.41, 5.74) is -0.529. The van der Waals surface area contributed by atoms with Crippen LogP contribution in [-0.4, -0.2) is 41.6 Å². The summed E-state index contributed by atoms with van der Waals surface area (Å²) in [7, 11) is 0. The molecule has 0 aromatic carbocycles. The second kappa shape index (κ2) is 6.78. The molecule has 1 unspecified atom stereocenters. The predicted octanol–water partition coefficient (Wildman–Crippen LogP) is 2.30. The number of ether oxygens (including phenoxy) is 1. The van der Waals surface area contributed by atoms with Crippen LogP contribution in [0.4, 0.5) is 4.79 Å². The maximum atomic E-state index is 12.1. The SMILES string of the molecule is CCCNC(=O)C1CCCCN1C(=O)OC(C)(C)C.